The summed E-state index contributed by atoms with van der Waals surface area (Å²) in [6, 6.07) is 3.73. The number of phenolic OH excluding ortho intramolecular Hbond substituents is 1. The van der Waals surface area contributed by atoms with Crippen LogP contribution in [0.1, 0.15) is 18.4 Å². The van der Waals surface area contributed by atoms with E-state index in [9.17, 15) is 14.3 Å². The van der Waals surface area contributed by atoms with Crippen molar-refractivity contribution in [2.24, 2.45) is 4.99 Å². The highest BCUT2D eigenvalue weighted by Crippen LogP contribution is 2.51. The number of rotatable bonds is 2. The van der Waals surface area contributed by atoms with Crippen molar-refractivity contribution in [3.8, 4) is 5.75 Å². The highest BCUT2D eigenvalue weighted by molar-refractivity contribution is 5.46. The Hall–Kier alpha value is -1.67. The van der Waals surface area contributed by atoms with Crippen molar-refractivity contribution in [3.63, 3.8) is 0 Å². The van der Waals surface area contributed by atoms with Crippen molar-refractivity contribution in [1.29, 1.82) is 0 Å². The van der Waals surface area contributed by atoms with Crippen LogP contribution in [0.15, 0.2) is 23.2 Å². The lowest BCUT2D eigenvalue weighted by Gasteiger charge is -2.09. The van der Waals surface area contributed by atoms with Crippen molar-refractivity contribution < 1.29 is 14.3 Å². The molecule has 1 N–H and O–H groups in total. The van der Waals surface area contributed by atoms with Crippen molar-refractivity contribution in [1.82, 2.24) is 0 Å². The minimum Gasteiger partial charge on any atom is -0.507 e. The van der Waals surface area contributed by atoms with E-state index in [1.807, 2.05) is 0 Å². The van der Waals surface area contributed by atoms with Gasteiger partial charge in [-0.25, -0.2) is 9.18 Å². The third kappa shape index (κ3) is 1.30. The molecule has 2 rings (SSSR count). The fourth-order valence-electron chi connectivity index (χ4n) is 1.55. The lowest BCUT2D eigenvalue weighted by atomic mass is 10.0. The van der Waals surface area contributed by atoms with Gasteiger partial charge in [-0.3, -0.25) is 0 Å². The molecule has 0 saturated heterocycles. The van der Waals surface area contributed by atoms with Crippen LogP contribution >= 0.6 is 0 Å². The highest BCUT2D eigenvalue weighted by Gasteiger charge is 2.46. The van der Waals surface area contributed by atoms with Gasteiger partial charge in [-0.2, -0.15) is 4.99 Å². The van der Waals surface area contributed by atoms with E-state index in [0.29, 0.717) is 18.4 Å². The Bertz CT molecular complexity index is 420. The van der Waals surface area contributed by atoms with E-state index >= 15 is 0 Å². The van der Waals surface area contributed by atoms with Crippen molar-refractivity contribution in [2.75, 3.05) is 0 Å². The van der Waals surface area contributed by atoms with Gasteiger partial charge < -0.3 is 5.11 Å². The molecule has 0 unspecified atom stereocenters. The van der Waals surface area contributed by atoms with Gasteiger partial charge in [-0.1, -0.05) is 0 Å². The van der Waals surface area contributed by atoms with Gasteiger partial charge in [-0.05, 0) is 25.0 Å². The van der Waals surface area contributed by atoms with Crippen LogP contribution in [0.25, 0.3) is 0 Å². The smallest absolute Gasteiger partial charge is 0.235 e. The maximum Gasteiger partial charge on any atom is 0.235 e. The van der Waals surface area contributed by atoms with Crippen molar-refractivity contribution in [3.05, 3.63) is 29.6 Å². The summed E-state index contributed by atoms with van der Waals surface area (Å²) in [6.45, 7) is 0. The van der Waals surface area contributed by atoms with Gasteiger partial charge >= 0.3 is 0 Å². The summed E-state index contributed by atoms with van der Waals surface area (Å²) in [7, 11) is 0. The molecule has 4 heteroatoms. The zero-order chi connectivity index (χ0) is 10.2. The molecule has 1 aromatic rings. The SMILES string of the molecule is O=C=NC1(c2ccc(F)cc2O)CC1. The molecule has 1 fully saturated rings. The fourth-order valence-corrected chi connectivity index (χ4v) is 1.55. The minimum absolute atomic E-state index is 0.151. The second kappa shape index (κ2) is 2.93. The van der Waals surface area contributed by atoms with Crippen molar-refractivity contribution in [2.45, 2.75) is 18.4 Å². The molecule has 0 aliphatic heterocycles. The van der Waals surface area contributed by atoms with Gasteiger partial charge in [0.25, 0.3) is 0 Å². The van der Waals surface area contributed by atoms with Crippen LogP contribution in [0.5, 0.6) is 5.75 Å². The lowest BCUT2D eigenvalue weighted by Crippen LogP contribution is -2.02. The number of carbonyl (C=O) groups excluding carboxylic acids is 1. The number of aliphatic imine (C=N–C) groups is 1. The molecular weight excluding hydrogens is 185 g/mol. The molecule has 1 aliphatic carbocycles. The molecular formula is C10H8FNO2. The number of halogens is 1. The Morgan fingerprint density at radius 3 is 2.71 bits per heavy atom. The predicted octanol–water partition coefficient (Wildman–Crippen LogP) is 1.86. The zero-order valence-electron chi connectivity index (χ0n) is 7.33. The molecule has 0 radical (unpaired) electrons. The summed E-state index contributed by atoms with van der Waals surface area (Å²) in [6.07, 6.45) is 2.87. The summed E-state index contributed by atoms with van der Waals surface area (Å²) in [4.78, 5) is 13.8. The van der Waals surface area contributed by atoms with Gasteiger partial charge in [-0.15, -0.1) is 0 Å². The van der Waals surface area contributed by atoms with Gasteiger partial charge in [0, 0.05) is 11.6 Å². The number of hydrogen-bond acceptors (Lipinski definition) is 3. The number of benzene rings is 1. The lowest BCUT2D eigenvalue weighted by molar-refractivity contribution is 0.453. The zero-order valence-corrected chi connectivity index (χ0v) is 7.33. The Morgan fingerprint density at radius 1 is 1.50 bits per heavy atom. The molecule has 0 bridgehead atoms. The molecule has 3 nitrogen and oxygen atoms in total. The van der Waals surface area contributed by atoms with E-state index in [4.69, 9.17) is 0 Å². The number of phenols is 1. The monoisotopic (exact) mass is 193 g/mol. The first kappa shape index (κ1) is 8.91. The Morgan fingerprint density at radius 2 is 2.21 bits per heavy atom. The maximum absolute atomic E-state index is 12.7. The minimum atomic E-state index is -0.639. The van der Waals surface area contributed by atoms with Gasteiger partial charge in [0.05, 0.1) is 0 Å². The van der Waals surface area contributed by atoms with Gasteiger partial charge in [0.1, 0.15) is 17.1 Å². The second-order valence-electron chi connectivity index (χ2n) is 3.40. The van der Waals surface area contributed by atoms with E-state index < -0.39 is 11.4 Å². The third-order valence-electron chi connectivity index (χ3n) is 2.44. The van der Waals surface area contributed by atoms with E-state index in [1.165, 1.54) is 18.2 Å². The molecule has 72 valence electrons. The molecule has 0 heterocycles. The molecule has 1 aromatic carbocycles. The normalized spacial score (nSPS) is 17.2. The van der Waals surface area contributed by atoms with Crippen LogP contribution in [0.4, 0.5) is 4.39 Å². The topological polar surface area (TPSA) is 49.7 Å². The summed E-state index contributed by atoms with van der Waals surface area (Å²) in [5, 5.41) is 9.46. The maximum atomic E-state index is 12.7. The Balaban J connectivity index is 2.47. The Labute approximate surface area is 79.9 Å². The third-order valence-corrected chi connectivity index (χ3v) is 2.44. The standard InChI is InChI=1S/C10H8FNO2/c11-7-1-2-8(9(14)5-7)10(3-4-10)12-6-13/h1-2,5,14H,3-4H2. The van der Waals surface area contributed by atoms with E-state index in [-0.39, 0.29) is 5.75 Å². The molecule has 1 aliphatic rings. The van der Waals surface area contributed by atoms with Gasteiger partial charge in [0.2, 0.25) is 6.08 Å². The average molecular weight is 193 g/mol. The number of isocyanates is 1. The van der Waals surface area contributed by atoms with Crippen LogP contribution in [0.3, 0.4) is 0 Å². The molecule has 0 atom stereocenters. The fraction of sp³-hybridized carbons (Fsp3) is 0.300. The van der Waals surface area contributed by atoms with Crippen molar-refractivity contribution >= 4 is 6.08 Å². The molecule has 0 amide bonds. The highest BCUT2D eigenvalue weighted by atomic mass is 19.1. The first-order valence-corrected chi connectivity index (χ1v) is 4.26. The number of hydrogen-bond donors (Lipinski definition) is 1. The number of aromatic hydroxyl groups is 1. The first-order chi connectivity index (χ1) is 6.68. The van der Waals surface area contributed by atoms with Crippen LogP contribution < -0.4 is 0 Å². The van der Waals surface area contributed by atoms with Crippen LogP contribution in [-0.2, 0) is 10.3 Å². The summed E-state index contributed by atoms with van der Waals surface area (Å²) < 4.78 is 12.7. The average Bonchev–Trinajstić information content (AvgIpc) is 2.86. The number of nitrogens with zero attached hydrogens (tertiary/aromatic N) is 1. The van der Waals surface area contributed by atoms with E-state index in [0.717, 1.165) is 6.07 Å². The molecule has 0 spiro atoms. The predicted molar refractivity (Wildman–Crippen MR) is 47.1 cm³/mol. The summed E-state index contributed by atoms with van der Waals surface area (Å²) in [5.41, 5.74) is -0.137. The largest absolute Gasteiger partial charge is 0.507 e. The van der Waals surface area contributed by atoms with Crippen LogP contribution in [0.2, 0.25) is 0 Å². The molecule has 0 aromatic heterocycles. The van der Waals surface area contributed by atoms with Crippen LogP contribution in [0, 0.1) is 5.82 Å². The molecule has 14 heavy (non-hydrogen) atoms. The van der Waals surface area contributed by atoms with E-state index in [1.54, 1.807) is 0 Å². The molecule has 1 saturated carbocycles. The second-order valence-corrected chi connectivity index (χ2v) is 3.40. The van der Waals surface area contributed by atoms with Crippen LogP contribution in [-0.4, -0.2) is 11.2 Å². The summed E-state index contributed by atoms with van der Waals surface area (Å²) >= 11 is 0. The van der Waals surface area contributed by atoms with Gasteiger partial charge in [0.15, 0.2) is 0 Å². The van der Waals surface area contributed by atoms with E-state index in [2.05, 4.69) is 4.99 Å². The Kier molecular flexibility index (Phi) is 1.86. The first-order valence-electron chi connectivity index (χ1n) is 4.26. The summed E-state index contributed by atoms with van der Waals surface area (Å²) in [5.74, 6) is -0.654. The quantitative estimate of drug-likeness (QED) is 0.575.